The van der Waals surface area contributed by atoms with Gasteiger partial charge < -0.3 is 5.11 Å². The first-order chi connectivity index (χ1) is 8.72. The predicted molar refractivity (Wildman–Crippen MR) is 74.3 cm³/mol. The number of unbranched alkanes of at least 4 members (excludes halogenated alkanes) is 9. The molecule has 0 aromatic carbocycles. The summed E-state index contributed by atoms with van der Waals surface area (Å²) in [4.78, 5) is 10.1. The van der Waals surface area contributed by atoms with Crippen molar-refractivity contribution in [2.45, 2.75) is 83.6 Å². The first-order valence-corrected chi connectivity index (χ1v) is 7.46. The second kappa shape index (κ2) is 12.8. The van der Waals surface area contributed by atoms with Gasteiger partial charge in [0, 0.05) is 11.3 Å². The van der Waals surface area contributed by atoms with Crippen LogP contribution in [0.25, 0.3) is 0 Å². The van der Waals surface area contributed by atoms with Gasteiger partial charge >= 0.3 is 0 Å². The van der Waals surface area contributed by atoms with Crippen molar-refractivity contribution in [2.75, 3.05) is 6.61 Å². The number of hydrogen-bond acceptors (Lipinski definition) is 3. The lowest BCUT2D eigenvalue weighted by atomic mass is 10.0. The molecule has 1 unspecified atom stereocenters. The molecule has 0 spiro atoms. The number of hydrogen-bond donors (Lipinski definition) is 1. The fourth-order valence-corrected chi connectivity index (χ4v) is 2.13. The fraction of sp³-hybridized carbons (Fsp3) is 1.00. The molecular formula is C14H29NO3. The third kappa shape index (κ3) is 10.5. The average molecular weight is 259 g/mol. The molecule has 0 aliphatic rings. The molecule has 0 aliphatic heterocycles. The monoisotopic (exact) mass is 259 g/mol. The van der Waals surface area contributed by atoms with Crippen molar-refractivity contribution in [3.8, 4) is 0 Å². The molecule has 0 saturated carbocycles. The molecule has 0 radical (unpaired) electrons. The number of aliphatic hydroxyl groups is 1. The quantitative estimate of drug-likeness (QED) is 0.309. The summed E-state index contributed by atoms with van der Waals surface area (Å²) in [7, 11) is 0. The van der Waals surface area contributed by atoms with Crippen molar-refractivity contribution in [3.63, 3.8) is 0 Å². The summed E-state index contributed by atoms with van der Waals surface area (Å²) in [5, 5.41) is 19.3. The summed E-state index contributed by atoms with van der Waals surface area (Å²) >= 11 is 0. The maximum atomic E-state index is 10.5. The predicted octanol–water partition coefficient (Wildman–Crippen LogP) is 3.94. The van der Waals surface area contributed by atoms with Crippen molar-refractivity contribution in [2.24, 2.45) is 0 Å². The van der Waals surface area contributed by atoms with Crippen LogP contribution < -0.4 is 0 Å². The lowest BCUT2D eigenvalue weighted by Crippen LogP contribution is -2.23. The van der Waals surface area contributed by atoms with E-state index in [1.165, 1.54) is 51.4 Å². The maximum absolute atomic E-state index is 10.5. The van der Waals surface area contributed by atoms with Crippen LogP contribution in [0.2, 0.25) is 0 Å². The molecule has 0 aromatic rings. The summed E-state index contributed by atoms with van der Waals surface area (Å²) < 4.78 is 0. The van der Waals surface area contributed by atoms with Gasteiger partial charge in [0.1, 0.15) is 6.61 Å². The summed E-state index contributed by atoms with van der Waals surface area (Å²) in [6.07, 6.45) is 12.8. The van der Waals surface area contributed by atoms with Gasteiger partial charge in [0.05, 0.1) is 0 Å². The Bertz CT molecular complexity index is 197. The van der Waals surface area contributed by atoms with E-state index in [9.17, 15) is 10.1 Å². The molecule has 108 valence electrons. The highest BCUT2D eigenvalue weighted by molar-refractivity contribution is 4.55. The zero-order valence-electron chi connectivity index (χ0n) is 11.8. The van der Waals surface area contributed by atoms with E-state index in [4.69, 9.17) is 5.11 Å². The molecule has 0 bridgehead atoms. The first kappa shape index (κ1) is 17.4. The Hall–Kier alpha value is -0.640. The van der Waals surface area contributed by atoms with E-state index < -0.39 is 6.04 Å². The molecule has 0 heterocycles. The summed E-state index contributed by atoms with van der Waals surface area (Å²) in [5.41, 5.74) is 0. The SMILES string of the molecule is CCCCCCCCCCCCC(CO)[N+](=O)[O-]. The molecule has 4 heteroatoms. The molecule has 18 heavy (non-hydrogen) atoms. The molecule has 0 amide bonds. The lowest BCUT2D eigenvalue weighted by Gasteiger charge is -2.06. The van der Waals surface area contributed by atoms with Crippen molar-refractivity contribution in [1.82, 2.24) is 0 Å². The molecule has 0 rings (SSSR count). The Morgan fingerprint density at radius 1 is 0.944 bits per heavy atom. The molecule has 0 aromatic heterocycles. The highest BCUT2D eigenvalue weighted by Crippen LogP contribution is 2.12. The standard InChI is InChI=1S/C14H29NO3/c1-2-3-4-5-6-7-8-9-10-11-12-14(13-16)15(17)18/h14,16H,2-13H2,1H3. The van der Waals surface area contributed by atoms with Gasteiger partial charge in [0.2, 0.25) is 6.04 Å². The molecule has 0 aliphatic carbocycles. The van der Waals surface area contributed by atoms with Crippen molar-refractivity contribution in [3.05, 3.63) is 10.1 Å². The first-order valence-electron chi connectivity index (χ1n) is 7.46. The summed E-state index contributed by atoms with van der Waals surface area (Å²) in [6, 6.07) is -0.751. The number of nitrogens with zero attached hydrogens (tertiary/aromatic N) is 1. The second-order valence-electron chi connectivity index (χ2n) is 5.09. The van der Waals surface area contributed by atoms with E-state index in [1.54, 1.807) is 0 Å². The van der Waals surface area contributed by atoms with Crippen molar-refractivity contribution in [1.29, 1.82) is 0 Å². The topological polar surface area (TPSA) is 63.4 Å². The molecule has 4 nitrogen and oxygen atoms in total. The van der Waals surface area contributed by atoms with Crippen molar-refractivity contribution < 1.29 is 10.0 Å². The zero-order chi connectivity index (χ0) is 13.6. The largest absolute Gasteiger partial charge is 0.389 e. The summed E-state index contributed by atoms with van der Waals surface area (Å²) in [5.74, 6) is 0. The van der Waals surface area contributed by atoms with Gasteiger partial charge in [-0.25, -0.2) is 0 Å². The van der Waals surface area contributed by atoms with Gasteiger partial charge in [-0.1, -0.05) is 64.7 Å². The normalized spacial score (nSPS) is 12.6. The van der Waals surface area contributed by atoms with Crippen LogP contribution in [0.3, 0.4) is 0 Å². The van der Waals surface area contributed by atoms with Gasteiger partial charge in [0.25, 0.3) is 0 Å². The van der Waals surface area contributed by atoms with Gasteiger partial charge in [-0.05, 0) is 6.42 Å². The van der Waals surface area contributed by atoms with Gasteiger partial charge in [-0.3, -0.25) is 10.1 Å². The Kier molecular flexibility index (Phi) is 12.4. The van der Waals surface area contributed by atoms with Gasteiger partial charge in [-0.15, -0.1) is 0 Å². The van der Waals surface area contributed by atoms with Gasteiger partial charge in [-0.2, -0.15) is 0 Å². The smallest absolute Gasteiger partial charge is 0.235 e. The Labute approximate surface area is 111 Å². The lowest BCUT2D eigenvalue weighted by molar-refractivity contribution is -0.526. The Morgan fingerprint density at radius 2 is 1.39 bits per heavy atom. The van der Waals surface area contributed by atoms with Crippen LogP contribution in [0.5, 0.6) is 0 Å². The van der Waals surface area contributed by atoms with Crippen LogP contribution in [0, 0.1) is 10.1 Å². The van der Waals surface area contributed by atoms with Crippen LogP contribution in [-0.4, -0.2) is 22.7 Å². The minimum atomic E-state index is -0.751. The minimum absolute atomic E-state index is 0.329. The van der Waals surface area contributed by atoms with Crippen LogP contribution in [0.1, 0.15) is 77.6 Å². The fourth-order valence-electron chi connectivity index (χ4n) is 2.13. The molecule has 1 atom stereocenters. The molecule has 1 N–H and O–H groups in total. The van der Waals surface area contributed by atoms with Gasteiger partial charge in [0.15, 0.2) is 0 Å². The summed E-state index contributed by atoms with van der Waals surface area (Å²) in [6.45, 7) is 1.90. The Morgan fingerprint density at radius 3 is 1.78 bits per heavy atom. The third-order valence-corrected chi connectivity index (χ3v) is 3.40. The van der Waals surface area contributed by atoms with Crippen molar-refractivity contribution >= 4 is 0 Å². The van der Waals surface area contributed by atoms with E-state index in [-0.39, 0.29) is 11.5 Å². The van der Waals surface area contributed by atoms with E-state index in [0.29, 0.717) is 6.42 Å². The minimum Gasteiger partial charge on any atom is -0.389 e. The van der Waals surface area contributed by atoms with E-state index in [2.05, 4.69) is 6.92 Å². The van der Waals surface area contributed by atoms with E-state index >= 15 is 0 Å². The third-order valence-electron chi connectivity index (χ3n) is 3.40. The van der Waals surface area contributed by atoms with E-state index in [1.807, 2.05) is 0 Å². The number of rotatable bonds is 13. The molecular weight excluding hydrogens is 230 g/mol. The number of aliphatic hydroxyl groups excluding tert-OH is 1. The van der Waals surface area contributed by atoms with Crippen LogP contribution in [-0.2, 0) is 0 Å². The molecule has 0 fully saturated rings. The Balaban J connectivity index is 3.18. The average Bonchev–Trinajstić information content (AvgIpc) is 2.35. The second-order valence-corrected chi connectivity index (χ2v) is 5.09. The van der Waals surface area contributed by atoms with Crippen LogP contribution in [0.4, 0.5) is 0 Å². The number of nitro groups is 1. The van der Waals surface area contributed by atoms with Crippen LogP contribution in [0.15, 0.2) is 0 Å². The maximum Gasteiger partial charge on any atom is 0.235 e. The highest BCUT2D eigenvalue weighted by Gasteiger charge is 2.17. The van der Waals surface area contributed by atoms with E-state index in [0.717, 1.165) is 12.8 Å². The highest BCUT2D eigenvalue weighted by atomic mass is 16.6. The molecule has 0 saturated heterocycles. The van der Waals surface area contributed by atoms with Crippen LogP contribution >= 0.6 is 0 Å². The zero-order valence-corrected chi connectivity index (χ0v) is 11.8.